The first-order chi connectivity index (χ1) is 7.59. The number of carbonyl (C=O) groups excluding carboxylic acids is 1. The number of rotatable bonds is 2. The number of carbonyl (C=O) groups is 1. The molecule has 0 radical (unpaired) electrons. The first-order valence-electron chi connectivity index (χ1n) is 5.75. The summed E-state index contributed by atoms with van der Waals surface area (Å²) in [5.74, 6) is -0.505. The maximum Gasteiger partial charge on any atom is 0.475 e. The highest BCUT2D eigenvalue weighted by molar-refractivity contribution is 6.43. The van der Waals surface area contributed by atoms with Crippen LogP contribution in [-0.2, 0) is 4.79 Å². The van der Waals surface area contributed by atoms with Crippen LogP contribution < -0.4 is 11.1 Å². The normalized spacial score (nSPS) is 34.4. The summed E-state index contributed by atoms with van der Waals surface area (Å²) in [6, 6.07) is -0.233. The Bertz CT molecular complexity index is 277. The Labute approximate surface area is 94.9 Å². The average Bonchev–Trinajstić information content (AvgIpc) is 2.84. The Morgan fingerprint density at radius 1 is 1.50 bits per heavy atom. The van der Waals surface area contributed by atoms with Crippen molar-refractivity contribution in [2.75, 3.05) is 13.1 Å². The van der Waals surface area contributed by atoms with Gasteiger partial charge in [0, 0.05) is 19.1 Å². The quantitative estimate of drug-likeness (QED) is 0.397. The van der Waals surface area contributed by atoms with Gasteiger partial charge in [-0.3, -0.25) is 4.79 Å². The molecular weight excluding hydrogens is 209 g/mol. The number of nitrogens with one attached hydrogen (secondary N) is 1. The molecule has 0 bridgehead atoms. The fraction of sp³-hybridized carbons (Fsp3) is 0.889. The van der Waals surface area contributed by atoms with Crippen LogP contribution in [0.2, 0.25) is 0 Å². The lowest BCUT2D eigenvalue weighted by Gasteiger charge is -2.26. The van der Waals surface area contributed by atoms with Crippen molar-refractivity contribution in [1.82, 2.24) is 10.2 Å². The topological polar surface area (TPSA) is 98.8 Å². The van der Waals surface area contributed by atoms with Crippen molar-refractivity contribution < 1.29 is 14.8 Å². The molecule has 0 unspecified atom stereocenters. The number of nitrogens with zero attached hydrogens (tertiary/aromatic N) is 1. The summed E-state index contributed by atoms with van der Waals surface area (Å²) in [6.45, 7) is 1.26. The summed E-state index contributed by atoms with van der Waals surface area (Å²) in [4.78, 5) is 13.7. The summed E-state index contributed by atoms with van der Waals surface area (Å²) in [7, 11) is -1.44. The molecule has 0 spiro atoms. The van der Waals surface area contributed by atoms with Gasteiger partial charge in [0.15, 0.2) is 0 Å². The molecule has 2 aliphatic rings. The fourth-order valence-electron chi connectivity index (χ4n) is 2.53. The van der Waals surface area contributed by atoms with Crippen LogP contribution in [0.3, 0.4) is 0 Å². The van der Waals surface area contributed by atoms with Gasteiger partial charge in [-0.15, -0.1) is 0 Å². The summed E-state index contributed by atoms with van der Waals surface area (Å²) in [5, 5.41) is 21.4. The molecule has 0 saturated carbocycles. The summed E-state index contributed by atoms with van der Waals surface area (Å²) < 4.78 is 0. The van der Waals surface area contributed by atoms with Gasteiger partial charge >= 0.3 is 7.12 Å². The predicted octanol–water partition coefficient (Wildman–Crippen LogP) is -2.32. The van der Waals surface area contributed by atoms with Gasteiger partial charge in [-0.25, -0.2) is 0 Å². The molecule has 6 nitrogen and oxygen atoms in total. The van der Waals surface area contributed by atoms with Gasteiger partial charge in [-0.05, 0) is 19.3 Å². The molecular formula is C9H18BN3O3. The van der Waals surface area contributed by atoms with E-state index in [9.17, 15) is 14.8 Å². The van der Waals surface area contributed by atoms with E-state index in [1.54, 1.807) is 4.90 Å². The van der Waals surface area contributed by atoms with E-state index in [1.165, 1.54) is 0 Å². The van der Waals surface area contributed by atoms with Gasteiger partial charge in [-0.2, -0.15) is 0 Å². The van der Waals surface area contributed by atoms with Gasteiger partial charge in [-0.1, -0.05) is 0 Å². The van der Waals surface area contributed by atoms with Gasteiger partial charge in [0.25, 0.3) is 0 Å². The largest absolute Gasteiger partial charge is 0.475 e. The smallest absolute Gasteiger partial charge is 0.426 e. The first kappa shape index (κ1) is 11.8. The molecule has 1 amide bonds. The van der Waals surface area contributed by atoms with Crippen LogP contribution in [-0.4, -0.2) is 59.1 Å². The molecule has 0 aliphatic carbocycles. The van der Waals surface area contributed by atoms with E-state index in [-0.39, 0.29) is 18.0 Å². The lowest BCUT2D eigenvalue weighted by molar-refractivity contribution is -0.133. The number of hydrogen-bond donors (Lipinski definition) is 4. The van der Waals surface area contributed by atoms with Crippen molar-refractivity contribution in [2.24, 2.45) is 5.73 Å². The van der Waals surface area contributed by atoms with E-state index in [4.69, 9.17) is 5.73 Å². The van der Waals surface area contributed by atoms with Crippen molar-refractivity contribution in [3.05, 3.63) is 0 Å². The second kappa shape index (κ2) is 4.71. The highest BCUT2D eigenvalue weighted by Crippen LogP contribution is 2.20. The minimum absolute atomic E-state index is 0.0223. The second-order valence-electron chi connectivity index (χ2n) is 4.61. The molecule has 2 fully saturated rings. The highest BCUT2D eigenvalue weighted by atomic mass is 16.4. The van der Waals surface area contributed by atoms with Crippen LogP contribution >= 0.6 is 0 Å². The van der Waals surface area contributed by atoms with Gasteiger partial charge in [0.1, 0.15) is 0 Å². The van der Waals surface area contributed by atoms with E-state index >= 15 is 0 Å². The standard InChI is InChI=1S/C9H18BN3O3/c11-6-4-7(12-5-6)9(14)13-3-1-2-8(13)10(15)16/h6-8,12,15-16H,1-5,11H2/t6-,7-,8-/m0/s1. The Balaban J connectivity index is 1.98. The van der Waals surface area contributed by atoms with Crippen molar-refractivity contribution in [3.63, 3.8) is 0 Å². The average molecular weight is 227 g/mol. The third-order valence-electron chi connectivity index (χ3n) is 3.39. The number of hydrogen-bond acceptors (Lipinski definition) is 5. The lowest BCUT2D eigenvalue weighted by Crippen LogP contribution is -2.51. The van der Waals surface area contributed by atoms with Crippen LogP contribution in [0.1, 0.15) is 19.3 Å². The Morgan fingerprint density at radius 3 is 2.81 bits per heavy atom. The molecule has 2 heterocycles. The van der Waals surface area contributed by atoms with E-state index in [0.29, 0.717) is 25.9 Å². The molecule has 2 rings (SSSR count). The molecule has 2 saturated heterocycles. The third-order valence-corrected chi connectivity index (χ3v) is 3.39. The van der Waals surface area contributed by atoms with E-state index in [0.717, 1.165) is 6.42 Å². The zero-order chi connectivity index (χ0) is 11.7. The van der Waals surface area contributed by atoms with Crippen molar-refractivity contribution >= 4 is 13.0 Å². The maximum atomic E-state index is 12.1. The number of amides is 1. The Kier molecular flexibility index (Phi) is 3.49. The Morgan fingerprint density at radius 2 is 2.25 bits per heavy atom. The first-order valence-corrected chi connectivity index (χ1v) is 5.75. The molecule has 7 heteroatoms. The fourth-order valence-corrected chi connectivity index (χ4v) is 2.53. The monoisotopic (exact) mass is 227 g/mol. The SMILES string of the molecule is N[C@@H]1CN[C@H](C(=O)N2CCC[C@H]2B(O)O)C1. The van der Waals surface area contributed by atoms with Crippen LogP contribution in [0.5, 0.6) is 0 Å². The zero-order valence-electron chi connectivity index (χ0n) is 9.17. The molecule has 5 N–H and O–H groups in total. The molecule has 2 aliphatic heterocycles. The van der Waals surface area contributed by atoms with Crippen molar-refractivity contribution in [1.29, 1.82) is 0 Å². The second-order valence-corrected chi connectivity index (χ2v) is 4.61. The minimum atomic E-state index is -1.44. The lowest BCUT2D eigenvalue weighted by atomic mass is 9.77. The van der Waals surface area contributed by atoms with Crippen LogP contribution in [0, 0.1) is 0 Å². The van der Waals surface area contributed by atoms with Crippen LogP contribution in [0.4, 0.5) is 0 Å². The molecule has 0 aromatic rings. The Hall–Kier alpha value is -0.625. The van der Waals surface area contributed by atoms with Crippen LogP contribution in [0.15, 0.2) is 0 Å². The van der Waals surface area contributed by atoms with E-state index in [2.05, 4.69) is 5.32 Å². The number of likely N-dealkylation sites (tertiary alicyclic amines) is 1. The molecule has 0 aromatic heterocycles. The maximum absolute atomic E-state index is 12.1. The predicted molar refractivity (Wildman–Crippen MR) is 59.3 cm³/mol. The van der Waals surface area contributed by atoms with Gasteiger partial charge in [0.05, 0.1) is 12.0 Å². The van der Waals surface area contributed by atoms with Crippen molar-refractivity contribution in [2.45, 2.75) is 37.3 Å². The molecule has 3 atom stereocenters. The molecule has 16 heavy (non-hydrogen) atoms. The minimum Gasteiger partial charge on any atom is -0.426 e. The highest BCUT2D eigenvalue weighted by Gasteiger charge is 2.40. The summed E-state index contributed by atoms with van der Waals surface area (Å²) in [6.07, 6.45) is 2.11. The third kappa shape index (κ3) is 2.22. The van der Waals surface area contributed by atoms with Gasteiger partial charge in [0.2, 0.25) is 5.91 Å². The molecule has 90 valence electrons. The van der Waals surface area contributed by atoms with E-state index in [1.807, 2.05) is 0 Å². The van der Waals surface area contributed by atoms with E-state index < -0.39 is 13.1 Å². The number of nitrogens with two attached hydrogens (primary N) is 1. The van der Waals surface area contributed by atoms with Crippen LogP contribution in [0.25, 0.3) is 0 Å². The molecule has 0 aromatic carbocycles. The van der Waals surface area contributed by atoms with Gasteiger partial charge < -0.3 is 26.0 Å². The summed E-state index contributed by atoms with van der Waals surface area (Å²) >= 11 is 0. The van der Waals surface area contributed by atoms with Crippen molar-refractivity contribution in [3.8, 4) is 0 Å². The zero-order valence-corrected chi connectivity index (χ0v) is 9.17. The summed E-state index contributed by atoms with van der Waals surface area (Å²) in [5.41, 5.74) is 5.72.